The van der Waals surface area contributed by atoms with Crippen molar-refractivity contribution < 1.29 is 19.5 Å². The van der Waals surface area contributed by atoms with Crippen molar-refractivity contribution in [1.82, 2.24) is 4.90 Å². The maximum atomic E-state index is 11.7. The average Bonchev–Trinajstić information content (AvgIpc) is 2.93. The summed E-state index contributed by atoms with van der Waals surface area (Å²) >= 11 is 0. The summed E-state index contributed by atoms with van der Waals surface area (Å²) in [5, 5.41) is 12.0. The maximum absolute atomic E-state index is 11.7. The molecule has 1 saturated carbocycles. The predicted octanol–water partition coefficient (Wildman–Crippen LogP) is -0.163. The number of aliphatic carboxylic acids is 1. The molecule has 2 aliphatic rings. The summed E-state index contributed by atoms with van der Waals surface area (Å²) in [5.74, 6) is -1.31. The van der Waals surface area contributed by atoms with Gasteiger partial charge in [-0.1, -0.05) is 5.16 Å². The number of nitrogens with zero attached hydrogens (tertiary/aromatic N) is 2. The van der Waals surface area contributed by atoms with E-state index in [0.29, 0.717) is 6.04 Å². The molecule has 0 bridgehead atoms. The van der Waals surface area contributed by atoms with Gasteiger partial charge in [0, 0.05) is 19.5 Å². The predicted molar refractivity (Wildman–Crippen MR) is 50.4 cm³/mol. The van der Waals surface area contributed by atoms with Gasteiger partial charge < -0.3 is 14.8 Å². The van der Waals surface area contributed by atoms with Gasteiger partial charge in [0.1, 0.15) is 0 Å². The molecular formula is C9H12N2O4. The number of oxime groups is 1. The van der Waals surface area contributed by atoms with Gasteiger partial charge in [-0.3, -0.25) is 4.79 Å². The monoisotopic (exact) mass is 212 g/mol. The van der Waals surface area contributed by atoms with Crippen molar-refractivity contribution >= 4 is 17.6 Å². The van der Waals surface area contributed by atoms with Crippen molar-refractivity contribution in [2.45, 2.75) is 31.4 Å². The Morgan fingerprint density at radius 3 is 2.67 bits per heavy atom. The highest BCUT2D eigenvalue weighted by Gasteiger charge is 2.38. The second kappa shape index (κ2) is 3.52. The van der Waals surface area contributed by atoms with Crippen molar-refractivity contribution in [3.8, 4) is 0 Å². The molecule has 1 N–H and O–H groups in total. The van der Waals surface area contributed by atoms with Crippen molar-refractivity contribution in [2.24, 2.45) is 5.16 Å². The van der Waals surface area contributed by atoms with E-state index in [4.69, 9.17) is 9.94 Å². The first-order chi connectivity index (χ1) is 7.09. The zero-order valence-corrected chi connectivity index (χ0v) is 8.34. The summed E-state index contributed by atoms with van der Waals surface area (Å²) in [4.78, 5) is 28.7. The van der Waals surface area contributed by atoms with Gasteiger partial charge in [0.15, 0.2) is 5.71 Å². The van der Waals surface area contributed by atoms with Crippen molar-refractivity contribution in [3.63, 3.8) is 0 Å². The smallest absolute Gasteiger partial charge is 0.353 e. The second-order valence-corrected chi connectivity index (χ2v) is 3.82. The molecule has 0 aromatic rings. The standard InChI is InChI=1S/C9H12N2O4/c1-11(5-2-3-5)8(12)7-4-6(9(13)14)10-15-7/h5,7H,2-4H2,1H3,(H,13,14). The molecule has 1 amide bonds. The summed E-state index contributed by atoms with van der Waals surface area (Å²) in [5.41, 5.74) is -0.0856. The van der Waals surface area contributed by atoms with Crippen LogP contribution in [0, 0.1) is 0 Å². The molecule has 1 fully saturated rings. The van der Waals surface area contributed by atoms with Gasteiger partial charge in [0.25, 0.3) is 5.91 Å². The van der Waals surface area contributed by atoms with E-state index in [-0.39, 0.29) is 18.0 Å². The van der Waals surface area contributed by atoms with Crippen LogP contribution in [-0.4, -0.2) is 46.8 Å². The number of likely N-dealkylation sites (N-methyl/N-ethyl adjacent to an activating group) is 1. The van der Waals surface area contributed by atoms with Crippen LogP contribution >= 0.6 is 0 Å². The fraction of sp³-hybridized carbons (Fsp3) is 0.667. The Labute approximate surface area is 86.5 Å². The van der Waals surface area contributed by atoms with Crippen LogP contribution < -0.4 is 0 Å². The van der Waals surface area contributed by atoms with Crippen LogP contribution in [0.2, 0.25) is 0 Å². The lowest BCUT2D eigenvalue weighted by atomic mass is 10.1. The number of carbonyl (C=O) groups excluding carboxylic acids is 1. The third-order valence-corrected chi connectivity index (χ3v) is 2.63. The topological polar surface area (TPSA) is 79.2 Å². The van der Waals surface area contributed by atoms with E-state index >= 15 is 0 Å². The molecule has 1 aliphatic carbocycles. The van der Waals surface area contributed by atoms with Gasteiger partial charge >= 0.3 is 5.97 Å². The lowest BCUT2D eigenvalue weighted by molar-refractivity contribution is -0.141. The number of hydrogen-bond donors (Lipinski definition) is 1. The Bertz CT molecular complexity index is 335. The number of carboxylic acids is 1. The van der Waals surface area contributed by atoms with Gasteiger partial charge in [-0.05, 0) is 12.8 Å². The molecule has 1 atom stereocenters. The average molecular weight is 212 g/mol. The number of carboxylic acid groups (broad SMARTS) is 1. The van der Waals surface area contributed by atoms with E-state index in [1.54, 1.807) is 11.9 Å². The summed E-state index contributed by atoms with van der Waals surface area (Å²) in [6.07, 6.45) is 1.34. The quantitative estimate of drug-likeness (QED) is 0.704. The molecule has 6 heteroatoms. The molecule has 0 aromatic carbocycles. The lowest BCUT2D eigenvalue weighted by Crippen LogP contribution is -2.38. The van der Waals surface area contributed by atoms with Gasteiger partial charge in [0.05, 0.1) is 0 Å². The summed E-state index contributed by atoms with van der Waals surface area (Å²) in [6.45, 7) is 0. The molecule has 82 valence electrons. The minimum atomic E-state index is -1.13. The number of hydrogen-bond acceptors (Lipinski definition) is 4. The molecule has 0 spiro atoms. The van der Waals surface area contributed by atoms with E-state index in [1.165, 1.54) is 0 Å². The van der Waals surface area contributed by atoms with Crippen molar-refractivity contribution in [3.05, 3.63) is 0 Å². The number of carbonyl (C=O) groups is 2. The molecular weight excluding hydrogens is 200 g/mol. The normalized spacial score (nSPS) is 24.3. The maximum Gasteiger partial charge on any atom is 0.353 e. The molecule has 1 heterocycles. The summed E-state index contributed by atoms with van der Waals surface area (Å²) < 4.78 is 0. The molecule has 6 nitrogen and oxygen atoms in total. The van der Waals surface area contributed by atoms with Crippen LogP contribution in [0.25, 0.3) is 0 Å². The highest BCUT2D eigenvalue weighted by Crippen LogP contribution is 2.27. The Morgan fingerprint density at radius 2 is 2.20 bits per heavy atom. The third kappa shape index (κ3) is 1.93. The van der Waals surface area contributed by atoms with Gasteiger partial charge in [-0.2, -0.15) is 0 Å². The molecule has 0 radical (unpaired) electrons. The van der Waals surface area contributed by atoms with E-state index in [9.17, 15) is 9.59 Å². The largest absolute Gasteiger partial charge is 0.477 e. The Hall–Kier alpha value is -1.59. The van der Waals surface area contributed by atoms with E-state index in [1.807, 2.05) is 0 Å². The minimum Gasteiger partial charge on any atom is -0.477 e. The van der Waals surface area contributed by atoms with Crippen LogP contribution in [-0.2, 0) is 14.4 Å². The zero-order chi connectivity index (χ0) is 11.0. The molecule has 2 rings (SSSR count). The number of rotatable bonds is 3. The van der Waals surface area contributed by atoms with E-state index < -0.39 is 12.1 Å². The fourth-order valence-electron chi connectivity index (χ4n) is 1.51. The third-order valence-electron chi connectivity index (χ3n) is 2.63. The molecule has 0 aromatic heterocycles. The Balaban J connectivity index is 1.91. The van der Waals surface area contributed by atoms with Crippen LogP contribution in [0.1, 0.15) is 19.3 Å². The van der Waals surface area contributed by atoms with Gasteiger partial charge in [-0.15, -0.1) is 0 Å². The Morgan fingerprint density at radius 1 is 1.53 bits per heavy atom. The minimum absolute atomic E-state index is 0.0607. The zero-order valence-electron chi connectivity index (χ0n) is 8.34. The molecule has 1 aliphatic heterocycles. The van der Waals surface area contributed by atoms with Crippen molar-refractivity contribution in [2.75, 3.05) is 7.05 Å². The lowest BCUT2D eigenvalue weighted by Gasteiger charge is -2.18. The second-order valence-electron chi connectivity index (χ2n) is 3.82. The van der Waals surface area contributed by atoms with E-state index in [0.717, 1.165) is 12.8 Å². The summed E-state index contributed by atoms with van der Waals surface area (Å²) in [7, 11) is 1.71. The van der Waals surface area contributed by atoms with Crippen molar-refractivity contribution in [1.29, 1.82) is 0 Å². The SMILES string of the molecule is CN(C(=O)C1CC(C(=O)O)=NO1)C1CC1. The highest BCUT2D eigenvalue weighted by molar-refractivity contribution is 6.36. The van der Waals surface area contributed by atoms with Crippen LogP contribution in [0.5, 0.6) is 0 Å². The Kier molecular flexibility index (Phi) is 2.34. The van der Waals surface area contributed by atoms with Gasteiger partial charge in [-0.25, -0.2) is 4.79 Å². The fourth-order valence-corrected chi connectivity index (χ4v) is 1.51. The molecule has 0 saturated heterocycles. The van der Waals surface area contributed by atoms with Gasteiger partial charge in [0.2, 0.25) is 6.10 Å². The van der Waals surface area contributed by atoms with Crippen LogP contribution in [0.3, 0.4) is 0 Å². The summed E-state index contributed by atoms with van der Waals surface area (Å²) in [6, 6.07) is 0.301. The number of amides is 1. The van der Waals surface area contributed by atoms with E-state index in [2.05, 4.69) is 5.16 Å². The first kappa shape index (κ1) is 9.95. The highest BCUT2D eigenvalue weighted by atomic mass is 16.6. The molecule has 1 unspecified atom stereocenters. The first-order valence-electron chi connectivity index (χ1n) is 4.82. The van der Waals surface area contributed by atoms with Crippen LogP contribution in [0.15, 0.2) is 5.16 Å². The molecule has 15 heavy (non-hydrogen) atoms. The van der Waals surface area contributed by atoms with Crippen LogP contribution in [0.4, 0.5) is 0 Å². The first-order valence-corrected chi connectivity index (χ1v) is 4.82.